The average molecular weight is 250 g/mol. The minimum atomic E-state index is 0.514. The van der Waals surface area contributed by atoms with E-state index >= 15 is 0 Å². The molecule has 80 valence electrons. The van der Waals surface area contributed by atoms with Crippen LogP contribution in [0, 0.1) is 18.3 Å². The number of aromatic nitrogens is 1. The van der Waals surface area contributed by atoms with Gasteiger partial charge < -0.3 is 5.32 Å². The molecule has 0 atom stereocenters. The summed E-state index contributed by atoms with van der Waals surface area (Å²) < 4.78 is 0. The van der Waals surface area contributed by atoms with E-state index in [0.29, 0.717) is 10.6 Å². The Hall–Kier alpha value is -1.57. The van der Waals surface area contributed by atoms with Crippen molar-refractivity contribution in [1.82, 2.24) is 4.98 Å². The maximum Gasteiger partial charge on any atom is 0.187 e. The molecule has 1 heterocycles. The molecule has 0 spiro atoms. The zero-order valence-electron chi connectivity index (χ0n) is 8.49. The number of aryl methyl sites for hydroxylation is 1. The Morgan fingerprint density at radius 1 is 1.50 bits per heavy atom. The van der Waals surface area contributed by atoms with Crippen LogP contribution in [-0.2, 0) is 0 Å². The van der Waals surface area contributed by atoms with Crippen molar-refractivity contribution in [2.75, 3.05) is 5.32 Å². The maximum absolute atomic E-state index is 8.96. The number of halogens is 1. The molecule has 0 aliphatic rings. The van der Waals surface area contributed by atoms with Crippen molar-refractivity contribution >= 4 is 33.8 Å². The lowest BCUT2D eigenvalue weighted by atomic mass is 10.2. The molecule has 0 unspecified atom stereocenters. The summed E-state index contributed by atoms with van der Waals surface area (Å²) in [6, 6.07) is 7.24. The number of benzene rings is 1. The SMILES string of the molecule is Cc1csc(Nc2ccc(Cl)cc2C#N)n1. The van der Waals surface area contributed by atoms with Gasteiger partial charge in [-0.3, -0.25) is 0 Å². The standard InChI is InChI=1S/C11H8ClN3S/c1-7-6-16-11(14-7)15-10-3-2-9(12)4-8(10)5-13/h2-4,6H,1H3,(H,14,15). The van der Waals surface area contributed by atoms with E-state index < -0.39 is 0 Å². The van der Waals surface area contributed by atoms with Gasteiger partial charge in [0.15, 0.2) is 5.13 Å². The Morgan fingerprint density at radius 3 is 2.94 bits per heavy atom. The minimum absolute atomic E-state index is 0.514. The molecule has 0 aliphatic carbocycles. The van der Waals surface area contributed by atoms with Gasteiger partial charge in [0.1, 0.15) is 6.07 Å². The average Bonchev–Trinajstić information content (AvgIpc) is 2.67. The van der Waals surface area contributed by atoms with Crippen molar-refractivity contribution in [3.8, 4) is 6.07 Å². The van der Waals surface area contributed by atoms with Gasteiger partial charge in [-0.15, -0.1) is 11.3 Å². The van der Waals surface area contributed by atoms with E-state index in [1.165, 1.54) is 11.3 Å². The first-order valence-electron chi connectivity index (χ1n) is 4.58. The van der Waals surface area contributed by atoms with Crippen LogP contribution in [0.15, 0.2) is 23.6 Å². The van der Waals surface area contributed by atoms with Gasteiger partial charge in [0.2, 0.25) is 0 Å². The fourth-order valence-electron chi connectivity index (χ4n) is 1.24. The van der Waals surface area contributed by atoms with Gasteiger partial charge in [0.25, 0.3) is 0 Å². The second kappa shape index (κ2) is 4.52. The van der Waals surface area contributed by atoms with E-state index in [2.05, 4.69) is 16.4 Å². The highest BCUT2D eigenvalue weighted by Crippen LogP contribution is 2.25. The molecular formula is C11H8ClN3S. The zero-order valence-corrected chi connectivity index (χ0v) is 10.1. The van der Waals surface area contributed by atoms with E-state index in [1.54, 1.807) is 18.2 Å². The molecule has 0 amide bonds. The van der Waals surface area contributed by atoms with E-state index in [4.69, 9.17) is 16.9 Å². The number of rotatable bonds is 2. The van der Waals surface area contributed by atoms with Gasteiger partial charge in [-0.1, -0.05) is 11.6 Å². The molecule has 5 heteroatoms. The number of hydrogen-bond acceptors (Lipinski definition) is 4. The lowest BCUT2D eigenvalue weighted by Gasteiger charge is -2.04. The lowest BCUT2D eigenvalue weighted by Crippen LogP contribution is -1.93. The highest BCUT2D eigenvalue weighted by Gasteiger charge is 2.05. The minimum Gasteiger partial charge on any atom is -0.330 e. The molecule has 2 aromatic rings. The topological polar surface area (TPSA) is 48.7 Å². The molecule has 0 saturated heterocycles. The monoisotopic (exact) mass is 249 g/mol. The molecule has 16 heavy (non-hydrogen) atoms. The van der Waals surface area contributed by atoms with Crippen molar-refractivity contribution in [3.63, 3.8) is 0 Å². The normalized spacial score (nSPS) is 9.81. The van der Waals surface area contributed by atoms with Gasteiger partial charge in [-0.25, -0.2) is 4.98 Å². The number of anilines is 2. The highest BCUT2D eigenvalue weighted by atomic mass is 35.5. The van der Waals surface area contributed by atoms with Gasteiger partial charge in [-0.05, 0) is 25.1 Å². The number of nitriles is 1. The first kappa shape index (κ1) is 10.9. The summed E-state index contributed by atoms with van der Waals surface area (Å²) in [6.45, 7) is 1.93. The van der Waals surface area contributed by atoms with Crippen LogP contribution in [0.3, 0.4) is 0 Å². The van der Waals surface area contributed by atoms with Crippen molar-refractivity contribution in [1.29, 1.82) is 5.26 Å². The van der Waals surface area contributed by atoms with Crippen molar-refractivity contribution in [2.24, 2.45) is 0 Å². The number of thiazole rings is 1. The van der Waals surface area contributed by atoms with Gasteiger partial charge in [-0.2, -0.15) is 5.26 Å². The van der Waals surface area contributed by atoms with Crippen LogP contribution in [0.5, 0.6) is 0 Å². The van der Waals surface area contributed by atoms with Crippen LogP contribution in [0.25, 0.3) is 0 Å². The summed E-state index contributed by atoms with van der Waals surface area (Å²) in [5.74, 6) is 0. The summed E-state index contributed by atoms with van der Waals surface area (Å²) in [4.78, 5) is 4.27. The molecule has 0 radical (unpaired) electrons. The molecule has 0 bridgehead atoms. The second-order valence-electron chi connectivity index (χ2n) is 3.22. The van der Waals surface area contributed by atoms with Crippen LogP contribution in [-0.4, -0.2) is 4.98 Å². The quantitative estimate of drug-likeness (QED) is 0.883. The van der Waals surface area contributed by atoms with Gasteiger partial charge in [0, 0.05) is 10.4 Å². The van der Waals surface area contributed by atoms with Crippen molar-refractivity contribution in [2.45, 2.75) is 6.92 Å². The molecule has 2 rings (SSSR count). The fraction of sp³-hybridized carbons (Fsp3) is 0.0909. The first-order chi connectivity index (χ1) is 7.69. The number of hydrogen-bond donors (Lipinski definition) is 1. The molecular weight excluding hydrogens is 242 g/mol. The van der Waals surface area contributed by atoms with Crippen LogP contribution in [0.4, 0.5) is 10.8 Å². The van der Waals surface area contributed by atoms with E-state index in [0.717, 1.165) is 16.5 Å². The van der Waals surface area contributed by atoms with Crippen LogP contribution in [0.2, 0.25) is 5.02 Å². The van der Waals surface area contributed by atoms with Crippen LogP contribution < -0.4 is 5.32 Å². The molecule has 3 nitrogen and oxygen atoms in total. The number of nitrogens with one attached hydrogen (secondary N) is 1. The zero-order chi connectivity index (χ0) is 11.5. The summed E-state index contributed by atoms with van der Waals surface area (Å²) >= 11 is 7.31. The molecule has 0 fully saturated rings. The highest BCUT2D eigenvalue weighted by molar-refractivity contribution is 7.13. The van der Waals surface area contributed by atoms with Crippen molar-refractivity contribution < 1.29 is 0 Å². The first-order valence-corrected chi connectivity index (χ1v) is 5.83. The fourth-order valence-corrected chi connectivity index (χ4v) is 2.12. The van der Waals surface area contributed by atoms with E-state index in [1.807, 2.05) is 12.3 Å². The Kier molecular flexibility index (Phi) is 3.09. The van der Waals surface area contributed by atoms with Gasteiger partial charge >= 0.3 is 0 Å². The third-order valence-corrected chi connectivity index (χ3v) is 3.07. The summed E-state index contributed by atoms with van der Waals surface area (Å²) in [5.41, 5.74) is 2.20. The van der Waals surface area contributed by atoms with Crippen LogP contribution in [0.1, 0.15) is 11.3 Å². The van der Waals surface area contributed by atoms with E-state index in [9.17, 15) is 0 Å². The summed E-state index contributed by atoms with van der Waals surface area (Å²) in [5, 5.41) is 15.3. The summed E-state index contributed by atoms with van der Waals surface area (Å²) in [6.07, 6.45) is 0. The molecule has 0 aliphatic heterocycles. The molecule has 1 N–H and O–H groups in total. The van der Waals surface area contributed by atoms with Crippen molar-refractivity contribution in [3.05, 3.63) is 39.9 Å². The maximum atomic E-state index is 8.96. The Labute approximate surface area is 102 Å². The number of nitrogens with zero attached hydrogens (tertiary/aromatic N) is 2. The third kappa shape index (κ3) is 2.32. The third-order valence-electron chi connectivity index (χ3n) is 1.96. The summed E-state index contributed by atoms with van der Waals surface area (Å²) in [7, 11) is 0. The van der Waals surface area contributed by atoms with E-state index in [-0.39, 0.29) is 0 Å². The molecule has 1 aromatic carbocycles. The van der Waals surface area contributed by atoms with Gasteiger partial charge in [0.05, 0.1) is 16.9 Å². The molecule has 0 saturated carbocycles. The van der Waals surface area contributed by atoms with Crippen LogP contribution >= 0.6 is 22.9 Å². The smallest absolute Gasteiger partial charge is 0.187 e. The lowest BCUT2D eigenvalue weighted by molar-refractivity contribution is 1.26. The molecule has 1 aromatic heterocycles. The predicted octanol–water partition coefficient (Wildman–Crippen LogP) is 3.72. The Bertz CT molecular complexity index is 557. The predicted molar refractivity (Wildman–Crippen MR) is 66.3 cm³/mol. The largest absolute Gasteiger partial charge is 0.330 e. The Balaban J connectivity index is 2.31. The Morgan fingerprint density at radius 2 is 2.31 bits per heavy atom. The second-order valence-corrected chi connectivity index (χ2v) is 4.52.